The first-order valence-electron chi connectivity index (χ1n) is 5.29. The minimum Gasteiger partial charge on any atom is -0.494 e. The molecule has 1 aromatic heterocycles. The van der Waals surface area contributed by atoms with Gasteiger partial charge in [-0.1, -0.05) is 12.1 Å². The monoisotopic (exact) mass is 268 g/mol. The maximum Gasteiger partial charge on any atom is 0.339 e. The molecule has 2 aromatic rings. The summed E-state index contributed by atoms with van der Waals surface area (Å²) in [4.78, 5) is 10.9. The molecular weight excluding hydrogens is 258 g/mol. The van der Waals surface area contributed by atoms with Crippen LogP contribution < -0.4 is 4.74 Å². The molecule has 0 aliphatic rings. The number of rotatable bonds is 4. The number of ether oxygens (including phenoxy) is 1. The lowest BCUT2D eigenvalue weighted by Gasteiger charge is -2.11. The van der Waals surface area contributed by atoms with Gasteiger partial charge in [0.05, 0.1) is 13.3 Å². The Hall–Kier alpha value is -2.44. The highest BCUT2D eigenvalue weighted by atomic mass is 19.3. The summed E-state index contributed by atoms with van der Waals surface area (Å²) in [6.07, 6.45) is -2.06. The molecule has 0 unspecified atom stereocenters. The molecule has 0 spiro atoms. The average molecular weight is 268 g/mol. The number of hydrogen-bond acceptors (Lipinski definition) is 3. The Bertz CT molecular complexity index is 611. The fourth-order valence-electron chi connectivity index (χ4n) is 1.73. The van der Waals surface area contributed by atoms with Crippen LogP contribution in [0.5, 0.6) is 5.75 Å². The number of carbonyl (C=O) groups is 1. The fourth-order valence-corrected chi connectivity index (χ4v) is 1.73. The van der Waals surface area contributed by atoms with E-state index >= 15 is 0 Å². The van der Waals surface area contributed by atoms with Gasteiger partial charge in [0, 0.05) is 0 Å². The van der Waals surface area contributed by atoms with Crippen molar-refractivity contribution in [1.29, 1.82) is 0 Å². The maximum atomic E-state index is 13.0. The van der Waals surface area contributed by atoms with Crippen LogP contribution in [0.25, 0.3) is 5.69 Å². The third kappa shape index (κ3) is 2.26. The van der Waals surface area contributed by atoms with E-state index in [-0.39, 0.29) is 5.69 Å². The Morgan fingerprint density at radius 3 is 2.68 bits per heavy atom. The van der Waals surface area contributed by atoms with Gasteiger partial charge in [-0.2, -0.15) is 5.10 Å². The third-order valence-corrected chi connectivity index (χ3v) is 2.56. The highest BCUT2D eigenvalue weighted by Crippen LogP contribution is 2.29. The number of nitrogens with zero attached hydrogens (tertiary/aromatic N) is 2. The van der Waals surface area contributed by atoms with Gasteiger partial charge >= 0.3 is 5.97 Å². The molecule has 0 bridgehead atoms. The predicted octanol–water partition coefficient (Wildman–Crippen LogP) is 2.52. The van der Waals surface area contributed by atoms with Crippen LogP contribution in [0.15, 0.2) is 30.5 Å². The van der Waals surface area contributed by atoms with E-state index in [9.17, 15) is 13.6 Å². The molecule has 0 atom stereocenters. The topological polar surface area (TPSA) is 64.4 Å². The summed E-state index contributed by atoms with van der Waals surface area (Å²) in [5, 5.41) is 12.6. The molecule has 5 nitrogen and oxygen atoms in total. The molecule has 0 amide bonds. The van der Waals surface area contributed by atoms with Crippen molar-refractivity contribution in [3.63, 3.8) is 0 Å². The van der Waals surface area contributed by atoms with Gasteiger partial charge in [-0.15, -0.1) is 0 Å². The Balaban J connectivity index is 2.66. The third-order valence-electron chi connectivity index (χ3n) is 2.56. The van der Waals surface area contributed by atoms with Crippen LogP contribution in [-0.2, 0) is 0 Å². The fraction of sp³-hybridized carbons (Fsp3) is 0.167. The SMILES string of the molecule is COc1ccccc1-n1ncc(C(=O)O)c1C(F)F. The molecule has 7 heteroatoms. The first kappa shape index (κ1) is 13.0. The Labute approximate surface area is 107 Å². The van der Waals surface area contributed by atoms with Gasteiger partial charge in [-0.05, 0) is 12.1 Å². The van der Waals surface area contributed by atoms with Crippen molar-refractivity contribution >= 4 is 5.97 Å². The molecule has 0 aliphatic heterocycles. The number of alkyl halides is 2. The lowest BCUT2D eigenvalue weighted by Crippen LogP contribution is -2.08. The molecule has 0 saturated heterocycles. The van der Waals surface area contributed by atoms with Gasteiger partial charge in [0.15, 0.2) is 0 Å². The molecular formula is C12H10F2N2O3. The van der Waals surface area contributed by atoms with Crippen LogP contribution in [0.4, 0.5) is 8.78 Å². The molecule has 0 saturated carbocycles. The number of para-hydroxylation sites is 2. The normalized spacial score (nSPS) is 10.7. The van der Waals surface area contributed by atoms with Crippen molar-refractivity contribution in [3.05, 3.63) is 41.7 Å². The van der Waals surface area contributed by atoms with Crippen LogP contribution in [0.1, 0.15) is 22.5 Å². The minimum absolute atomic E-state index is 0.257. The number of aromatic carboxylic acids is 1. The van der Waals surface area contributed by atoms with Gasteiger partial charge < -0.3 is 9.84 Å². The first-order chi connectivity index (χ1) is 9.06. The van der Waals surface area contributed by atoms with E-state index in [0.717, 1.165) is 10.9 Å². The summed E-state index contributed by atoms with van der Waals surface area (Å²) in [6, 6.07) is 6.39. The van der Waals surface area contributed by atoms with E-state index in [1.54, 1.807) is 18.2 Å². The summed E-state index contributed by atoms with van der Waals surface area (Å²) in [5.74, 6) is -1.12. The second-order valence-corrected chi connectivity index (χ2v) is 3.63. The highest BCUT2D eigenvalue weighted by molar-refractivity contribution is 5.89. The quantitative estimate of drug-likeness (QED) is 0.925. The van der Waals surface area contributed by atoms with Gasteiger partial charge in [-0.25, -0.2) is 18.3 Å². The minimum atomic E-state index is -2.96. The molecule has 1 N–H and O–H groups in total. The van der Waals surface area contributed by atoms with E-state index in [1.807, 2.05) is 0 Å². The zero-order valence-electron chi connectivity index (χ0n) is 9.88. The molecule has 2 rings (SSSR count). The van der Waals surface area contributed by atoms with Crippen molar-refractivity contribution < 1.29 is 23.4 Å². The molecule has 1 aromatic carbocycles. The maximum absolute atomic E-state index is 13.0. The molecule has 0 fully saturated rings. The van der Waals surface area contributed by atoms with Crippen LogP contribution in [0.2, 0.25) is 0 Å². The van der Waals surface area contributed by atoms with E-state index in [1.165, 1.54) is 13.2 Å². The number of hydrogen-bond donors (Lipinski definition) is 1. The van der Waals surface area contributed by atoms with Crippen LogP contribution in [0, 0.1) is 0 Å². The smallest absolute Gasteiger partial charge is 0.339 e. The molecule has 0 radical (unpaired) electrons. The number of methoxy groups -OCH3 is 1. The predicted molar refractivity (Wildman–Crippen MR) is 62.0 cm³/mol. The number of halogens is 2. The summed E-state index contributed by atoms with van der Waals surface area (Å²) in [5.41, 5.74) is -0.939. The van der Waals surface area contributed by atoms with E-state index < -0.39 is 23.7 Å². The summed E-state index contributed by atoms with van der Waals surface area (Å²) in [7, 11) is 1.39. The van der Waals surface area contributed by atoms with Crippen LogP contribution in [-0.4, -0.2) is 28.0 Å². The Morgan fingerprint density at radius 1 is 1.42 bits per heavy atom. The van der Waals surface area contributed by atoms with Crippen molar-refractivity contribution in [2.45, 2.75) is 6.43 Å². The van der Waals surface area contributed by atoms with Crippen molar-refractivity contribution in [2.75, 3.05) is 7.11 Å². The number of aromatic nitrogens is 2. The van der Waals surface area contributed by atoms with Gasteiger partial charge in [0.25, 0.3) is 6.43 Å². The molecule has 1 heterocycles. The molecule has 0 aliphatic carbocycles. The second kappa shape index (κ2) is 5.05. The number of benzene rings is 1. The van der Waals surface area contributed by atoms with E-state index in [4.69, 9.17) is 9.84 Å². The first-order valence-corrected chi connectivity index (χ1v) is 5.29. The zero-order chi connectivity index (χ0) is 14.0. The number of carboxylic acids is 1. The zero-order valence-corrected chi connectivity index (χ0v) is 9.88. The van der Waals surface area contributed by atoms with Crippen LogP contribution in [0.3, 0.4) is 0 Å². The van der Waals surface area contributed by atoms with Crippen molar-refractivity contribution in [2.24, 2.45) is 0 Å². The average Bonchev–Trinajstić information content (AvgIpc) is 2.83. The van der Waals surface area contributed by atoms with Gasteiger partial charge in [0.2, 0.25) is 0 Å². The number of carboxylic acid groups (broad SMARTS) is 1. The highest BCUT2D eigenvalue weighted by Gasteiger charge is 2.26. The van der Waals surface area contributed by atoms with Crippen LogP contribution >= 0.6 is 0 Å². The largest absolute Gasteiger partial charge is 0.494 e. The summed E-state index contributed by atoms with van der Waals surface area (Å²) in [6.45, 7) is 0. The summed E-state index contributed by atoms with van der Waals surface area (Å²) >= 11 is 0. The second-order valence-electron chi connectivity index (χ2n) is 3.63. The lowest BCUT2D eigenvalue weighted by atomic mass is 10.2. The Kier molecular flexibility index (Phi) is 3.46. The lowest BCUT2D eigenvalue weighted by molar-refractivity contribution is 0.0683. The van der Waals surface area contributed by atoms with E-state index in [2.05, 4.69) is 5.10 Å². The summed E-state index contributed by atoms with van der Waals surface area (Å²) < 4.78 is 32.0. The van der Waals surface area contributed by atoms with E-state index in [0.29, 0.717) is 5.75 Å². The van der Waals surface area contributed by atoms with Gasteiger partial charge in [0.1, 0.15) is 22.7 Å². The van der Waals surface area contributed by atoms with Crippen molar-refractivity contribution in [1.82, 2.24) is 9.78 Å². The van der Waals surface area contributed by atoms with Crippen molar-refractivity contribution in [3.8, 4) is 11.4 Å². The standard InChI is InChI=1S/C12H10F2N2O3/c1-19-9-5-3-2-4-8(9)16-10(11(13)14)7(6-15-16)12(17)18/h2-6,11H,1H3,(H,17,18). The molecule has 100 valence electrons. The Morgan fingerprint density at radius 2 is 2.11 bits per heavy atom. The van der Waals surface area contributed by atoms with Gasteiger partial charge in [-0.3, -0.25) is 0 Å². The molecule has 19 heavy (non-hydrogen) atoms.